The lowest BCUT2D eigenvalue weighted by Gasteiger charge is -2.13. The third kappa shape index (κ3) is 5.35. The zero-order chi connectivity index (χ0) is 21.6. The second kappa shape index (κ2) is 9.71. The van der Waals surface area contributed by atoms with Gasteiger partial charge in [-0.05, 0) is 30.2 Å². The van der Waals surface area contributed by atoms with E-state index in [9.17, 15) is 17.6 Å². The van der Waals surface area contributed by atoms with E-state index in [1.807, 2.05) is 19.1 Å². The molecule has 0 saturated carbocycles. The van der Waals surface area contributed by atoms with E-state index in [1.165, 1.54) is 6.07 Å². The average molecular weight is 424 g/mol. The molecule has 1 heterocycles. The van der Waals surface area contributed by atoms with Crippen molar-refractivity contribution < 1.29 is 31.6 Å². The quantitative estimate of drug-likeness (QED) is 0.326. The first kappa shape index (κ1) is 21.8. The normalized spacial score (nSPS) is 11.6. The molecule has 0 spiro atoms. The summed E-state index contributed by atoms with van der Waals surface area (Å²) < 4.78 is 67.8. The third-order valence-electron chi connectivity index (χ3n) is 4.12. The molecule has 0 radical (unpaired) electrons. The molecule has 0 amide bonds. The smallest absolute Gasteiger partial charge is 0.419 e. The van der Waals surface area contributed by atoms with Crippen LogP contribution in [0.1, 0.15) is 24.5 Å². The molecule has 0 fully saturated rings. The maximum absolute atomic E-state index is 13.3. The highest BCUT2D eigenvalue weighted by Crippen LogP contribution is 2.38. The molecule has 160 valence electrons. The van der Waals surface area contributed by atoms with Gasteiger partial charge in [-0.25, -0.2) is 4.39 Å². The van der Waals surface area contributed by atoms with Gasteiger partial charge in [-0.2, -0.15) is 18.2 Å². The van der Waals surface area contributed by atoms with Crippen LogP contribution in [0.4, 0.5) is 17.6 Å². The van der Waals surface area contributed by atoms with Crippen molar-refractivity contribution in [2.75, 3.05) is 19.9 Å². The molecular formula is C21H20F4N2O3. The molecule has 30 heavy (non-hydrogen) atoms. The number of alkyl halides is 4. The van der Waals surface area contributed by atoms with E-state index < -0.39 is 30.8 Å². The van der Waals surface area contributed by atoms with E-state index in [2.05, 4.69) is 10.1 Å². The fourth-order valence-electron chi connectivity index (χ4n) is 2.70. The van der Waals surface area contributed by atoms with Gasteiger partial charge in [0.15, 0.2) is 0 Å². The highest BCUT2D eigenvalue weighted by molar-refractivity contribution is 5.62. The Morgan fingerprint density at radius 2 is 1.73 bits per heavy atom. The van der Waals surface area contributed by atoms with Crippen LogP contribution in [0, 0.1) is 0 Å². The van der Waals surface area contributed by atoms with Crippen molar-refractivity contribution in [1.29, 1.82) is 0 Å². The molecule has 1 aromatic heterocycles. The third-order valence-corrected chi connectivity index (χ3v) is 4.12. The number of rotatable bonds is 9. The highest BCUT2D eigenvalue weighted by atomic mass is 19.4. The number of benzene rings is 2. The molecule has 0 atom stereocenters. The minimum atomic E-state index is -4.68. The van der Waals surface area contributed by atoms with Crippen LogP contribution in [0.5, 0.6) is 5.75 Å². The predicted molar refractivity (Wildman–Crippen MR) is 102 cm³/mol. The molecule has 0 aliphatic heterocycles. The summed E-state index contributed by atoms with van der Waals surface area (Å²) in [6, 6.07) is 10.6. The van der Waals surface area contributed by atoms with Crippen LogP contribution >= 0.6 is 0 Å². The average Bonchev–Trinajstić information content (AvgIpc) is 3.22. The lowest BCUT2D eigenvalue weighted by atomic mass is 10.1. The van der Waals surface area contributed by atoms with Gasteiger partial charge in [-0.1, -0.05) is 36.3 Å². The maximum atomic E-state index is 13.3. The Morgan fingerprint density at radius 1 is 1.00 bits per heavy atom. The molecule has 0 aliphatic rings. The first-order chi connectivity index (χ1) is 14.4. The molecule has 0 bridgehead atoms. The van der Waals surface area contributed by atoms with Gasteiger partial charge in [-0.15, -0.1) is 0 Å². The Hall–Kier alpha value is -2.94. The van der Waals surface area contributed by atoms with E-state index in [1.54, 1.807) is 12.1 Å². The van der Waals surface area contributed by atoms with Crippen molar-refractivity contribution in [3.63, 3.8) is 0 Å². The summed E-state index contributed by atoms with van der Waals surface area (Å²) >= 11 is 0. The lowest BCUT2D eigenvalue weighted by molar-refractivity contribution is -0.138. The maximum Gasteiger partial charge on any atom is 0.419 e. The van der Waals surface area contributed by atoms with Gasteiger partial charge in [0.1, 0.15) is 19.0 Å². The summed E-state index contributed by atoms with van der Waals surface area (Å²) in [5.74, 6) is -0.273. The number of nitrogens with zero attached hydrogens (tertiary/aromatic N) is 2. The minimum Gasteiger partial charge on any atom is -0.490 e. The van der Waals surface area contributed by atoms with Crippen LogP contribution in [0.15, 0.2) is 47.0 Å². The van der Waals surface area contributed by atoms with Crippen molar-refractivity contribution in [2.24, 2.45) is 0 Å². The minimum absolute atomic E-state index is 0.0668. The SMILES string of the molecule is CCCOCc1ccc(-c2noc(-c3ccc(OCCF)c(C(F)(F)F)c3)n2)cc1. The first-order valence-corrected chi connectivity index (χ1v) is 9.33. The molecule has 5 nitrogen and oxygen atoms in total. The van der Waals surface area contributed by atoms with E-state index in [-0.39, 0.29) is 17.3 Å². The Morgan fingerprint density at radius 3 is 2.40 bits per heavy atom. The van der Waals surface area contributed by atoms with Gasteiger partial charge in [0.05, 0.1) is 12.2 Å². The second-order valence-electron chi connectivity index (χ2n) is 6.42. The molecular weight excluding hydrogens is 404 g/mol. The van der Waals surface area contributed by atoms with Gasteiger partial charge in [-0.3, -0.25) is 0 Å². The van der Waals surface area contributed by atoms with E-state index in [0.717, 1.165) is 24.1 Å². The van der Waals surface area contributed by atoms with Gasteiger partial charge in [0.25, 0.3) is 5.89 Å². The Kier molecular flexibility index (Phi) is 7.04. The van der Waals surface area contributed by atoms with Crippen LogP contribution in [0.3, 0.4) is 0 Å². The summed E-state index contributed by atoms with van der Waals surface area (Å²) in [6.45, 7) is 1.83. The van der Waals surface area contributed by atoms with E-state index >= 15 is 0 Å². The Balaban J connectivity index is 1.81. The summed E-state index contributed by atoms with van der Waals surface area (Å²) in [4.78, 5) is 4.19. The largest absolute Gasteiger partial charge is 0.490 e. The predicted octanol–water partition coefficient (Wildman–Crippen LogP) is 5.70. The monoisotopic (exact) mass is 424 g/mol. The van der Waals surface area contributed by atoms with Gasteiger partial charge < -0.3 is 14.0 Å². The van der Waals surface area contributed by atoms with Gasteiger partial charge in [0.2, 0.25) is 5.82 Å². The van der Waals surface area contributed by atoms with Crippen molar-refractivity contribution in [3.8, 4) is 28.6 Å². The van der Waals surface area contributed by atoms with Crippen molar-refractivity contribution >= 4 is 0 Å². The van der Waals surface area contributed by atoms with Crippen LogP contribution in [-0.4, -0.2) is 30.0 Å². The number of aromatic nitrogens is 2. The van der Waals surface area contributed by atoms with Crippen LogP contribution in [0.2, 0.25) is 0 Å². The van der Waals surface area contributed by atoms with Gasteiger partial charge in [0, 0.05) is 17.7 Å². The van der Waals surface area contributed by atoms with Crippen molar-refractivity contribution in [1.82, 2.24) is 10.1 Å². The molecule has 3 rings (SSSR count). The van der Waals surface area contributed by atoms with E-state index in [0.29, 0.717) is 18.8 Å². The number of hydrogen-bond donors (Lipinski definition) is 0. The standard InChI is InChI=1S/C21H20F4N2O3/c1-2-10-28-13-14-3-5-15(6-4-14)19-26-20(30-27-19)16-7-8-18(29-11-9-22)17(12-16)21(23,24)25/h3-8,12H,2,9-11,13H2,1H3. The number of halogens is 4. The highest BCUT2D eigenvalue weighted by Gasteiger charge is 2.35. The molecule has 0 aliphatic carbocycles. The molecule has 0 N–H and O–H groups in total. The molecule has 3 aromatic rings. The van der Waals surface area contributed by atoms with Crippen LogP contribution in [-0.2, 0) is 17.5 Å². The topological polar surface area (TPSA) is 57.4 Å². The number of ether oxygens (including phenoxy) is 2. The fourth-order valence-corrected chi connectivity index (χ4v) is 2.70. The van der Waals surface area contributed by atoms with Crippen LogP contribution in [0.25, 0.3) is 22.8 Å². The summed E-state index contributed by atoms with van der Waals surface area (Å²) in [7, 11) is 0. The molecule has 0 unspecified atom stereocenters. The summed E-state index contributed by atoms with van der Waals surface area (Å²) in [5.41, 5.74) is 0.681. The van der Waals surface area contributed by atoms with Gasteiger partial charge >= 0.3 is 6.18 Å². The first-order valence-electron chi connectivity index (χ1n) is 9.33. The Labute approximate surface area is 170 Å². The van der Waals surface area contributed by atoms with Crippen molar-refractivity contribution in [3.05, 3.63) is 53.6 Å². The fraction of sp³-hybridized carbons (Fsp3) is 0.333. The molecule has 2 aromatic carbocycles. The second-order valence-corrected chi connectivity index (χ2v) is 6.42. The lowest BCUT2D eigenvalue weighted by Crippen LogP contribution is -2.10. The van der Waals surface area contributed by atoms with Crippen LogP contribution < -0.4 is 4.74 Å². The zero-order valence-electron chi connectivity index (χ0n) is 16.2. The summed E-state index contributed by atoms with van der Waals surface area (Å²) in [6.07, 6.45) is -3.75. The Bertz CT molecular complexity index is 956. The van der Waals surface area contributed by atoms with E-state index in [4.69, 9.17) is 14.0 Å². The number of hydrogen-bond acceptors (Lipinski definition) is 5. The molecule has 9 heteroatoms. The van der Waals surface area contributed by atoms with Crippen molar-refractivity contribution in [2.45, 2.75) is 26.1 Å². The molecule has 0 saturated heterocycles. The summed E-state index contributed by atoms with van der Waals surface area (Å²) in [5, 5.41) is 3.85. The zero-order valence-corrected chi connectivity index (χ0v) is 16.2.